The van der Waals surface area contributed by atoms with E-state index >= 15 is 0 Å². The predicted octanol–water partition coefficient (Wildman–Crippen LogP) is 5.21. The zero-order valence-electron chi connectivity index (χ0n) is 12.1. The summed E-state index contributed by atoms with van der Waals surface area (Å²) in [6, 6.07) is 22.2. The molecule has 0 radical (unpaired) electrons. The van der Waals surface area contributed by atoms with E-state index in [1.54, 1.807) is 21.2 Å². The zero-order chi connectivity index (χ0) is 13.9. The molecule has 1 aliphatic heterocycles. The van der Waals surface area contributed by atoms with Crippen molar-refractivity contribution in [3.05, 3.63) is 71.3 Å². The lowest BCUT2D eigenvalue weighted by Crippen LogP contribution is -2.03. The first-order chi connectivity index (χ1) is 9.81. The lowest BCUT2D eigenvalue weighted by molar-refractivity contribution is 1.18. The average molecular weight is 298 g/mol. The van der Waals surface area contributed by atoms with Gasteiger partial charge >= 0.3 is 0 Å². The maximum Gasteiger partial charge on any atom is 0.00346 e. The topological polar surface area (TPSA) is 0 Å². The third kappa shape index (κ3) is 2.60. The summed E-state index contributed by atoms with van der Waals surface area (Å²) in [4.78, 5) is 0. The van der Waals surface area contributed by atoms with Crippen molar-refractivity contribution in [1.82, 2.24) is 0 Å². The van der Waals surface area contributed by atoms with Crippen LogP contribution in [0.5, 0.6) is 0 Å². The van der Waals surface area contributed by atoms with E-state index in [0.717, 1.165) is 0 Å². The third-order valence-electron chi connectivity index (χ3n) is 3.90. The maximum absolute atomic E-state index is 2.38. The SMILES string of the molecule is CCC1=C(C)P(c2ccccc2)CP1c1ccccc1. The highest BCUT2D eigenvalue weighted by molar-refractivity contribution is 7.88. The maximum atomic E-state index is 2.38. The molecule has 0 spiro atoms. The van der Waals surface area contributed by atoms with Gasteiger partial charge < -0.3 is 0 Å². The number of hydrogen-bond donors (Lipinski definition) is 0. The molecule has 0 amide bonds. The van der Waals surface area contributed by atoms with Crippen LogP contribution in [0.3, 0.4) is 0 Å². The van der Waals surface area contributed by atoms with E-state index in [1.165, 1.54) is 12.3 Å². The molecule has 1 heterocycles. The molecule has 0 aromatic heterocycles. The van der Waals surface area contributed by atoms with Gasteiger partial charge in [-0.2, -0.15) is 0 Å². The van der Waals surface area contributed by atoms with E-state index in [-0.39, 0.29) is 15.8 Å². The van der Waals surface area contributed by atoms with Crippen LogP contribution in [0.1, 0.15) is 20.3 Å². The van der Waals surface area contributed by atoms with Crippen molar-refractivity contribution in [3.63, 3.8) is 0 Å². The molecular formula is C18H20P2. The Kier molecular flexibility index (Phi) is 4.35. The Hall–Kier alpha value is -0.960. The normalized spacial score (nSPS) is 22.3. The minimum Gasteiger partial charge on any atom is -0.0622 e. The Morgan fingerprint density at radius 3 is 1.80 bits per heavy atom. The van der Waals surface area contributed by atoms with Gasteiger partial charge in [0.1, 0.15) is 0 Å². The standard InChI is InChI=1S/C18H20P2/c1-3-18-15(2)19(16-10-6-4-7-11-16)14-20(18)17-12-8-5-9-13-17/h4-13H,3,14H2,1-2H3. The van der Waals surface area contributed by atoms with Gasteiger partial charge in [-0.3, -0.25) is 0 Å². The summed E-state index contributed by atoms with van der Waals surface area (Å²) in [6.07, 6.45) is 1.21. The van der Waals surface area contributed by atoms with Crippen molar-refractivity contribution in [1.29, 1.82) is 0 Å². The molecule has 2 unspecified atom stereocenters. The first-order valence-corrected chi connectivity index (χ1v) is 10.2. The molecule has 3 rings (SSSR count). The molecule has 0 bridgehead atoms. The molecule has 0 saturated carbocycles. The molecule has 0 aliphatic carbocycles. The van der Waals surface area contributed by atoms with E-state index in [9.17, 15) is 0 Å². The molecule has 0 nitrogen and oxygen atoms in total. The molecule has 20 heavy (non-hydrogen) atoms. The average Bonchev–Trinajstić information content (AvgIpc) is 2.86. The Morgan fingerprint density at radius 2 is 1.30 bits per heavy atom. The molecule has 1 aliphatic rings. The lowest BCUT2D eigenvalue weighted by Gasteiger charge is -2.16. The van der Waals surface area contributed by atoms with E-state index in [4.69, 9.17) is 0 Å². The van der Waals surface area contributed by atoms with Crippen LogP contribution in [0.2, 0.25) is 0 Å². The minimum atomic E-state index is -0.101. The Labute approximate surface area is 124 Å². The van der Waals surface area contributed by atoms with Crippen molar-refractivity contribution in [3.8, 4) is 0 Å². The fourth-order valence-electron chi connectivity index (χ4n) is 2.86. The minimum absolute atomic E-state index is 0.0976. The Bertz CT molecular complexity index is 602. The van der Waals surface area contributed by atoms with Crippen molar-refractivity contribution in [2.24, 2.45) is 0 Å². The van der Waals surface area contributed by atoms with Gasteiger partial charge in [0.2, 0.25) is 0 Å². The summed E-state index contributed by atoms with van der Waals surface area (Å²) >= 11 is 0. The van der Waals surface area contributed by atoms with E-state index in [2.05, 4.69) is 74.5 Å². The third-order valence-corrected chi connectivity index (χ3v) is 10.6. The first kappa shape index (κ1) is 14.0. The molecule has 2 heteroatoms. The first-order valence-electron chi connectivity index (χ1n) is 7.16. The number of benzene rings is 2. The van der Waals surface area contributed by atoms with E-state index in [1.807, 2.05) is 0 Å². The fourth-order valence-corrected chi connectivity index (χ4v) is 10.6. The van der Waals surface area contributed by atoms with Gasteiger partial charge in [0.25, 0.3) is 0 Å². The summed E-state index contributed by atoms with van der Waals surface area (Å²) in [7, 11) is -0.199. The molecular weight excluding hydrogens is 278 g/mol. The molecule has 0 N–H and O–H groups in total. The van der Waals surface area contributed by atoms with E-state index < -0.39 is 0 Å². The van der Waals surface area contributed by atoms with Gasteiger partial charge in [-0.1, -0.05) is 67.6 Å². The number of hydrogen-bond acceptors (Lipinski definition) is 0. The van der Waals surface area contributed by atoms with Crippen LogP contribution < -0.4 is 10.6 Å². The second kappa shape index (κ2) is 6.21. The lowest BCUT2D eigenvalue weighted by atomic mass is 10.4. The van der Waals surface area contributed by atoms with Crippen LogP contribution >= 0.6 is 15.8 Å². The molecule has 102 valence electrons. The van der Waals surface area contributed by atoms with Crippen molar-refractivity contribution in [2.75, 3.05) is 5.90 Å². The number of allylic oxidation sites excluding steroid dienone is 2. The quantitative estimate of drug-likeness (QED) is 0.682. The second-order valence-corrected chi connectivity index (χ2v) is 10.1. The van der Waals surface area contributed by atoms with Gasteiger partial charge in [-0.15, -0.1) is 0 Å². The van der Waals surface area contributed by atoms with Gasteiger partial charge in [-0.05, 0) is 50.4 Å². The summed E-state index contributed by atoms with van der Waals surface area (Å²) in [6.45, 7) is 4.70. The Balaban J connectivity index is 1.97. The molecule has 2 aromatic rings. The van der Waals surface area contributed by atoms with Gasteiger partial charge in [0.15, 0.2) is 0 Å². The van der Waals surface area contributed by atoms with Gasteiger partial charge in [-0.25, -0.2) is 0 Å². The van der Waals surface area contributed by atoms with Crippen LogP contribution in [-0.4, -0.2) is 5.90 Å². The monoisotopic (exact) mass is 298 g/mol. The zero-order valence-corrected chi connectivity index (χ0v) is 13.9. The van der Waals surface area contributed by atoms with Crippen LogP contribution in [0.25, 0.3) is 0 Å². The van der Waals surface area contributed by atoms with Gasteiger partial charge in [0.05, 0.1) is 0 Å². The summed E-state index contributed by atoms with van der Waals surface area (Å²) < 4.78 is 0. The predicted molar refractivity (Wildman–Crippen MR) is 93.9 cm³/mol. The van der Waals surface area contributed by atoms with Crippen molar-refractivity contribution >= 4 is 26.5 Å². The van der Waals surface area contributed by atoms with Crippen molar-refractivity contribution in [2.45, 2.75) is 20.3 Å². The summed E-state index contributed by atoms with van der Waals surface area (Å²) in [5, 5.41) is 6.52. The van der Waals surface area contributed by atoms with Gasteiger partial charge in [0, 0.05) is 5.90 Å². The highest BCUT2D eigenvalue weighted by Gasteiger charge is 2.31. The Morgan fingerprint density at radius 1 is 0.800 bits per heavy atom. The van der Waals surface area contributed by atoms with Crippen molar-refractivity contribution < 1.29 is 0 Å². The van der Waals surface area contributed by atoms with Crippen LogP contribution in [0.15, 0.2) is 71.3 Å². The highest BCUT2D eigenvalue weighted by Crippen LogP contribution is 2.68. The van der Waals surface area contributed by atoms with Crippen LogP contribution in [0.4, 0.5) is 0 Å². The summed E-state index contributed by atoms with van der Waals surface area (Å²) in [5.41, 5.74) is 0. The smallest absolute Gasteiger partial charge is 0.00346 e. The molecule has 2 aromatic carbocycles. The van der Waals surface area contributed by atoms with E-state index in [0.29, 0.717) is 0 Å². The second-order valence-electron chi connectivity index (χ2n) is 5.05. The molecule has 2 atom stereocenters. The fraction of sp³-hybridized carbons (Fsp3) is 0.222. The van der Waals surface area contributed by atoms with Crippen LogP contribution in [-0.2, 0) is 0 Å². The van der Waals surface area contributed by atoms with Crippen LogP contribution in [0, 0.1) is 0 Å². The largest absolute Gasteiger partial charge is 0.0622 e. The summed E-state index contributed by atoms with van der Waals surface area (Å²) in [5.74, 6) is 1.35. The molecule has 0 saturated heterocycles. The number of rotatable bonds is 3. The highest BCUT2D eigenvalue weighted by atomic mass is 31.2. The molecule has 0 fully saturated rings.